The lowest BCUT2D eigenvalue weighted by atomic mass is 9.97. The lowest BCUT2D eigenvalue weighted by Crippen LogP contribution is -2.46. The van der Waals surface area contributed by atoms with Gasteiger partial charge in [-0.1, -0.05) is 12.1 Å². The number of hydrogen-bond donors (Lipinski definition) is 2. The number of carbonyl (C=O) groups is 1. The molecule has 1 aliphatic carbocycles. The van der Waals surface area contributed by atoms with Crippen LogP contribution in [0.15, 0.2) is 24.3 Å². The molecule has 1 aromatic rings. The van der Waals surface area contributed by atoms with Crippen molar-refractivity contribution in [2.75, 3.05) is 11.9 Å². The standard InChI is InChI=1S/C12H14N2O2/c13-7-12(5-6-12)10-11(15)14-8-3-1-2-4-9(8)16-10/h1-4,10H,5-7,13H2,(H,14,15). The Morgan fingerprint density at radius 1 is 1.44 bits per heavy atom. The van der Waals surface area contributed by atoms with Gasteiger partial charge in [0.05, 0.1) is 5.69 Å². The minimum absolute atomic E-state index is 0.0679. The van der Waals surface area contributed by atoms with Gasteiger partial charge in [-0.05, 0) is 25.0 Å². The Morgan fingerprint density at radius 2 is 2.19 bits per heavy atom. The Morgan fingerprint density at radius 3 is 2.88 bits per heavy atom. The average Bonchev–Trinajstić information content (AvgIpc) is 3.09. The second-order valence-electron chi connectivity index (χ2n) is 4.55. The summed E-state index contributed by atoms with van der Waals surface area (Å²) in [4.78, 5) is 11.9. The third kappa shape index (κ3) is 1.30. The molecule has 0 saturated heterocycles. The molecule has 2 aliphatic rings. The first-order chi connectivity index (χ1) is 7.75. The third-order valence-corrected chi connectivity index (χ3v) is 3.48. The number of nitrogens with one attached hydrogen (secondary N) is 1. The van der Waals surface area contributed by atoms with Gasteiger partial charge >= 0.3 is 0 Å². The lowest BCUT2D eigenvalue weighted by molar-refractivity contribution is -0.126. The number of anilines is 1. The molecule has 1 fully saturated rings. The van der Waals surface area contributed by atoms with E-state index in [2.05, 4.69) is 5.32 Å². The molecular formula is C12H14N2O2. The summed E-state index contributed by atoms with van der Waals surface area (Å²) in [5, 5.41) is 2.87. The Balaban J connectivity index is 1.93. The lowest BCUT2D eigenvalue weighted by Gasteiger charge is -2.30. The first kappa shape index (κ1) is 9.66. The maximum atomic E-state index is 11.9. The number of carbonyl (C=O) groups excluding carboxylic acids is 1. The zero-order chi connectivity index (χ0) is 11.2. The molecule has 1 atom stereocenters. The predicted molar refractivity (Wildman–Crippen MR) is 60.2 cm³/mol. The van der Waals surface area contributed by atoms with E-state index in [9.17, 15) is 4.79 Å². The van der Waals surface area contributed by atoms with Crippen LogP contribution >= 0.6 is 0 Å². The predicted octanol–water partition coefficient (Wildman–Crippen LogP) is 1.13. The van der Waals surface area contributed by atoms with E-state index in [0.29, 0.717) is 6.54 Å². The Hall–Kier alpha value is -1.55. The number of ether oxygens (including phenoxy) is 1. The zero-order valence-electron chi connectivity index (χ0n) is 8.90. The van der Waals surface area contributed by atoms with Crippen molar-refractivity contribution in [3.8, 4) is 5.75 Å². The van der Waals surface area contributed by atoms with Crippen LogP contribution < -0.4 is 15.8 Å². The van der Waals surface area contributed by atoms with Gasteiger partial charge in [0.2, 0.25) is 0 Å². The zero-order valence-corrected chi connectivity index (χ0v) is 8.90. The van der Waals surface area contributed by atoms with E-state index in [1.165, 1.54) is 0 Å². The van der Waals surface area contributed by atoms with Gasteiger partial charge in [0.1, 0.15) is 5.75 Å². The molecule has 84 valence electrons. The van der Waals surface area contributed by atoms with E-state index in [-0.39, 0.29) is 11.3 Å². The summed E-state index contributed by atoms with van der Waals surface area (Å²) in [5.41, 5.74) is 6.34. The van der Waals surface area contributed by atoms with Crippen LogP contribution in [-0.4, -0.2) is 18.6 Å². The monoisotopic (exact) mass is 218 g/mol. The largest absolute Gasteiger partial charge is 0.478 e. The molecule has 0 aromatic heterocycles. The number of rotatable bonds is 2. The molecule has 16 heavy (non-hydrogen) atoms. The first-order valence-electron chi connectivity index (χ1n) is 5.52. The maximum Gasteiger partial charge on any atom is 0.266 e. The highest BCUT2D eigenvalue weighted by atomic mass is 16.5. The number of nitrogens with two attached hydrogens (primary N) is 1. The summed E-state index contributed by atoms with van der Waals surface area (Å²) >= 11 is 0. The summed E-state index contributed by atoms with van der Waals surface area (Å²) < 4.78 is 5.77. The van der Waals surface area contributed by atoms with E-state index in [0.717, 1.165) is 24.3 Å². The molecule has 0 bridgehead atoms. The highest BCUT2D eigenvalue weighted by molar-refractivity contribution is 5.98. The van der Waals surface area contributed by atoms with Crippen molar-refractivity contribution in [3.05, 3.63) is 24.3 Å². The molecule has 0 radical (unpaired) electrons. The fourth-order valence-electron chi connectivity index (χ4n) is 2.19. The van der Waals surface area contributed by atoms with Crippen LogP contribution in [0.3, 0.4) is 0 Å². The van der Waals surface area contributed by atoms with E-state index in [1.54, 1.807) is 0 Å². The fourth-order valence-corrected chi connectivity index (χ4v) is 2.19. The van der Waals surface area contributed by atoms with Crippen LogP contribution in [0.5, 0.6) is 5.75 Å². The molecule has 0 spiro atoms. The highest BCUT2D eigenvalue weighted by Crippen LogP contribution is 2.50. The highest BCUT2D eigenvalue weighted by Gasteiger charge is 2.54. The van der Waals surface area contributed by atoms with Gasteiger partial charge in [-0.2, -0.15) is 0 Å². The summed E-state index contributed by atoms with van der Waals surface area (Å²) in [6.45, 7) is 0.507. The fraction of sp³-hybridized carbons (Fsp3) is 0.417. The maximum absolute atomic E-state index is 11.9. The molecule has 1 saturated carbocycles. The number of hydrogen-bond acceptors (Lipinski definition) is 3. The van der Waals surface area contributed by atoms with Gasteiger partial charge in [0.15, 0.2) is 6.10 Å². The molecule has 4 nitrogen and oxygen atoms in total. The van der Waals surface area contributed by atoms with E-state index in [1.807, 2.05) is 24.3 Å². The molecule has 4 heteroatoms. The first-order valence-corrected chi connectivity index (χ1v) is 5.52. The summed E-state index contributed by atoms with van der Waals surface area (Å²) in [7, 11) is 0. The number of amides is 1. The third-order valence-electron chi connectivity index (χ3n) is 3.48. The molecule has 1 amide bonds. The number of para-hydroxylation sites is 2. The molecular weight excluding hydrogens is 204 g/mol. The quantitative estimate of drug-likeness (QED) is 0.782. The molecule has 1 aromatic carbocycles. The van der Waals surface area contributed by atoms with Crippen molar-refractivity contribution in [3.63, 3.8) is 0 Å². The van der Waals surface area contributed by atoms with Crippen LogP contribution in [0, 0.1) is 5.41 Å². The molecule has 1 heterocycles. The van der Waals surface area contributed by atoms with Gasteiger partial charge in [-0.15, -0.1) is 0 Å². The summed E-state index contributed by atoms with van der Waals surface area (Å²) in [6, 6.07) is 7.48. The van der Waals surface area contributed by atoms with Crippen molar-refractivity contribution >= 4 is 11.6 Å². The van der Waals surface area contributed by atoms with Crippen molar-refractivity contribution in [1.29, 1.82) is 0 Å². The van der Waals surface area contributed by atoms with Crippen LogP contribution in [0.2, 0.25) is 0 Å². The Kier molecular flexibility index (Phi) is 1.94. The molecule has 3 rings (SSSR count). The smallest absolute Gasteiger partial charge is 0.266 e. The van der Waals surface area contributed by atoms with Crippen LogP contribution in [-0.2, 0) is 4.79 Å². The molecule has 1 aliphatic heterocycles. The van der Waals surface area contributed by atoms with Crippen molar-refractivity contribution in [2.45, 2.75) is 18.9 Å². The number of fused-ring (bicyclic) bond motifs is 1. The van der Waals surface area contributed by atoms with Crippen LogP contribution in [0.1, 0.15) is 12.8 Å². The minimum Gasteiger partial charge on any atom is -0.478 e. The van der Waals surface area contributed by atoms with Gasteiger partial charge in [-0.25, -0.2) is 0 Å². The van der Waals surface area contributed by atoms with Gasteiger partial charge in [0.25, 0.3) is 5.91 Å². The van der Waals surface area contributed by atoms with Gasteiger partial charge in [0, 0.05) is 12.0 Å². The Bertz CT molecular complexity index is 440. The minimum atomic E-state index is -0.424. The van der Waals surface area contributed by atoms with E-state index in [4.69, 9.17) is 10.5 Å². The van der Waals surface area contributed by atoms with Crippen molar-refractivity contribution in [2.24, 2.45) is 11.1 Å². The topological polar surface area (TPSA) is 64.3 Å². The normalized spacial score (nSPS) is 25.3. The second kappa shape index (κ2) is 3.22. The van der Waals surface area contributed by atoms with Crippen LogP contribution in [0.4, 0.5) is 5.69 Å². The van der Waals surface area contributed by atoms with Crippen molar-refractivity contribution < 1.29 is 9.53 Å². The molecule has 1 unspecified atom stereocenters. The molecule has 3 N–H and O–H groups in total. The number of benzene rings is 1. The SMILES string of the molecule is NCC1(C2Oc3ccccc3NC2=O)CC1. The average molecular weight is 218 g/mol. The summed E-state index contributed by atoms with van der Waals surface area (Å²) in [5.74, 6) is 0.675. The van der Waals surface area contributed by atoms with Crippen LogP contribution in [0.25, 0.3) is 0 Å². The van der Waals surface area contributed by atoms with Gasteiger partial charge < -0.3 is 15.8 Å². The second-order valence-corrected chi connectivity index (χ2v) is 4.55. The van der Waals surface area contributed by atoms with E-state index >= 15 is 0 Å². The Labute approximate surface area is 93.8 Å². The van der Waals surface area contributed by atoms with Crippen molar-refractivity contribution in [1.82, 2.24) is 0 Å². The van der Waals surface area contributed by atoms with E-state index < -0.39 is 6.10 Å². The van der Waals surface area contributed by atoms with Gasteiger partial charge in [-0.3, -0.25) is 4.79 Å². The summed E-state index contributed by atoms with van der Waals surface area (Å²) in [6.07, 6.45) is 1.53.